The van der Waals surface area contributed by atoms with E-state index in [2.05, 4.69) is 17.7 Å². The van der Waals surface area contributed by atoms with Crippen molar-refractivity contribution in [1.29, 1.82) is 0 Å². The summed E-state index contributed by atoms with van der Waals surface area (Å²) in [4.78, 5) is 0. The van der Waals surface area contributed by atoms with Gasteiger partial charge in [-0.25, -0.2) is 0 Å². The molecule has 1 N–H and O–H groups in total. The van der Waals surface area contributed by atoms with Gasteiger partial charge in [0.25, 0.3) is 0 Å². The molecule has 0 amide bonds. The second-order valence-corrected chi connectivity index (χ2v) is 14.5. The summed E-state index contributed by atoms with van der Waals surface area (Å²) in [5.74, 6) is 0. The zero-order valence-corrected chi connectivity index (χ0v) is 10.6. The van der Waals surface area contributed by atoms with E-state index in [0.29, 0.717) is 6.61 Å². The minimum absolute atomic E-state index is 0.424. The fourth-order valence-corrected chi connectivity index (χ4v) is 3.52. The van der Waals surface area contributed by atoms with Gasteiger partial charge in [0.05, 0.1) is 0 Å². The summed E-state index contributed by atoms with van der Waals surface area (Å²) < 4.78 is 1.15. The number of halogens is 1. The summed E-state index contributed by atoms with van der Waals surface area (Å²) in [6.45, 7) is 0.435. The average molecular weight is 373 g/mol. The van der Waals surface area contributed by atoms with E-state index in [1.54, 1.807) is 0 Å². The fourth-order valence-electron chi connectivity index (χ4n) is 0.0598. The van der Waals surface area contributed by atoms with Crippen LogP contribution in [-0.4, -0.2) is 11.7 Å². The molecule has 0 aromatic rings. The molecule has 0 bridgehead atoms. The molecule has 5 heavy (non-hydrogen) atoms. The van der Waals surface area contributed by atoms with Crippen molar-refractivity contribution in [2.75, 3.05) is 6.61 Å². The molecule has 3 heteroatoms. The van der Waals surface area contributed by atoms with Gasteiger partial charge < -0.3 is 0 Å². The van der Waals surface area contributed by atoms with Crippen LogP contribution in [0.25, 0.3) is 0 Å². The first kappa shape index (κ1) is 6.63. The van der Waals surface area contributed by atoms with Crippen molar-refractivity contribution in [1.82, 2.24) is 0 Å². The van der Waals surface area contributed by atoms with Crippen molar-refractivity contribution < 1.29 is 25.4 Å². The molecule has 0 aromatic heterocycles. The molecule has 0 saturated carbocycles. The predicted molar refractivity (Wildman–Crippen MR) is 25.9 cm³/mol. The van der Waals surface area contributed by atoms with Gasteiger partial charge in [-0.2, -0.15) is 0 Å². The van der Waals surface area contributed by atoms with E-state index in [1.165, 1.54) is 0 Å². The van der Waals surface area contributed by atoms with Crippen LogP contribution >= 0.6 is 17.7 Å². The number of hydrogen-bond acceptors (Lipinski definition) is 1. The second-order valence-electron chi connectivity index (χ2n) is 0.766. The van der Waals surface area contributed by atoms with Gasteiger partial charge in [0.2, 0.25) is 0 Å². The Morgan fingerprint density at radius 1 is 1.80 bits per heavy atom. The molecule has 0 aliphatic rings. The van der Waals surface area contributed by atoms with Gasteiger partial charge in [0.1, 0.15) is 0 Å². The van der Waals surface area contributed by atoms with Crippen molar-refractivity contribution in [3.63, 3.8) is 0 Å². The molecule has 0 rings (SSSR count). The van der Waals surface area contributed by atoms with Crippen LogP contribution in [0.3, 0.4) is 0 Å². The Balaban J connectivity index is 2.19. The third-order valence-electron chi connectivity index (χ3n) is 0.292. The summed E-state index contributed by atoms with van der Waals surface area (Å²) in [6, 6.07) is 0. The van der Waals surface area contributed by atoms with Crippen molar-refractivity contribution in [2.45, 2.75) is 3.93 Å². The van der Waals surface area contributed by atoms with Crippen molar-refractivity contribution >= 4 is 17.7 Å². The van der Waals surface area contributed by atoms with Crippen LogP contribution in [0.15, 0.2) is 0 Å². The molecule has 0 atom stereocenters. The fraction of sp³-hybridized carbons (Fsp3) is 1.00. The first-order valence-electron chi connectivity index (χ1n) is 1.58. The second kappa shape index (κ2) is 5.63. The van der Waals surface area contributed by atoms with Gasteiger partial charge in [-0.15, -0.1) is 0 Å². The van der Waals surface area contributed by atoms with Crippen LogP contribution in [0.4, 0.5) is 0 Å². The van der Waals surface area contributed by atoms with E-state index in [4.69, 9.17) is 5.11 Å². The molecule has 0 fully saturated rings. The molecule has 28 valence electrons. The Hall–Kier alpha value is 1.63. The summed E-state index contributed by atoms with van der Waals surface area (Å²) in [7, 11) is 0. The van der Waals surface area contributed by atoms with Gasteiger partial charge in [-0.3, -0.25) is 0 Å². The maximum atomic E-state index is 8.12. The molecule has 0 spiro atoms. The van der Waals surface area contributed by atoms with Crippen LogP contribution in [0.2, 0.25) is 3.93 Å². The van der Waals surface area contributed by atoms with E-state index in [9.17, 15) is 0 Å². The van der Waals surface area contributed by atoms with Crippen molar-refractivity contribution in [3.05, 3.63) is 0 Å². The quantitative estimate of drug-likeness (QED) is 0.562. The Morgan fingerprint density at radius 2 is 2.40 bits per heavy atom. The molecule has 0 aliphatic carbocycles. The van der Waals surface area contributed by atoms with E-state index < -0.39 is 20.2 Å². The summed E-state index contributed by atoms with van der Waals surface area (Å²) in [5.41, 5.74) is 0. The SMILES string of the molecule is OC[CH2][Hg][I]. The van der Waals surface area contributed by atoms with Crippen LogP contribution in [0.5, 0.6) is 0 Å². The number of hydrogen-bond donors (Lipinski definition) is 1. The molecular weight excluding hydrogens is 368 g/mol. The van der Waals surface area contributed by atoms with Gasteiger partial charge in [-0.05, 0) is 0 Å². The number of rotatable bonds is 2. The zero-order chi connectivity index (χ0) is 4.12. The van der Waals surface area contributed by atoms with Crippen LogP contribution in [0, 0.1) is 0 Å². The van der Waals surface area contributed by atoms with E-state index in [-0.39, 0.29) is 0 Å². The topological polar surface area (TPSA) is 20.2 Å². The third-order valence-corrected chi connectivity index (χ3v) is 9.25. The molecular formula is C2H5HgIO. The number of aliphatic hydroxyl groups is 1. The van der Waals surface area contributed by atoms with Crippen molar-refractivity contribution in [3.8, 4) is 0 Å². The minimum atomic E-state index is -0.424. The summed E-state index contributed by atoms with van der Waals surface area (Å²) in [5, 5.41) is 8.12. The maximum absolute atomic E-state index is 8.12. The molecule has 1 nitrogen and oxygen atoms in total. The molecule has 0 aliphatic heterocycles. The van der Waals surface area contributed by atoms with E-state index in [0.717, 1.165) is 3.93 Å². The molecule has 0 radical (unpaired) electrons. The Kier molecular flexibility index (Phi) is 7.45. The molecule has 0 unspecified atom stereocenters. The average Bonchev–Trinajstić information content (AvgIpc) is 1.41. The first-order chi connectivity index (χ1) is 2.41. The van der Waals surface area contributed by atoms with Crippen LogP contribution < -0.4 is 0 Å². The predicted octanol–water partition coefficient (Wildman–Crippen LogP) is 0.829. The van der Waals surface area contributed by atoms with Gasteiger partial charge in [0, 0.05) is 0 Å². The Labute approximate surface area is 52.9 Å². The summed E-state index contributed by atoms with van der Waals surface area (Å²) in [6.07, 6.45) is 0. The normalized spacial score (nSPS) is 6.80. The van der Waals surface area contributed by atoms with Gasteiger partial charge in [-0.1, -0.05) is 0 Å². The van der Waals surface area contributed by atoms with E-state index in [1.807, 2.05) is 0 Å². The van der Waals surface area contributed by atoms with Gasteiger partial charge in [0.15, 0.2) is 0 Å². The zero-order valence-electron chi connectivity index (χ0n) is 2.95. The van der Waals surface area contributed by atoms with Crippen LogP contribution in [0.1, 0.15) is 0 Å². The van der Waals surface area contributed by atoms with E-state index >= 15 is 0 Å². The Morgan fingerprint density at radius 3 is 2.40 bits per heavy atom. The third kappa shape index (κ3) is 5.63. The molecule has 0 heterocycles. The monoisotopic (exact) mass is 374 g/mol. The van der Waals surface area contributed by atoms with Gasteiger partial charge >= 0.3 is 53.6 Å². The molecule has 0 aromatic carbocycles. The van der Waals surface area contributed by atoms with Crippen LogP contribution in [-0.2, 0) is 20.2 Å². The number of aliphatic hydroxyl groups excluding tert-OH is 1. The first-order valence-corrected chi connectivity index (χ1v) is 20.9. The Bertz CT molecular complexity index is 17.1. The van der Waals surface area contributed by atoms with Crippen molar-refractivity contribution in [2.24, 2.45) is 0 Å². The molecule has 0 saturated heterocycles. The standard InChI is InChI=1S/C2H5O.Hg.HI/c1-2-3;;/h3H,1-2H2;;1H/q;+1;/p-1. The summed E-state index contributed by atoms with van der Waals surface area (Å²) >= 11 is 2.03.